The van der Waals surface area contributed by atoms with Gasteiger partial charge in [0.05, 0.1) is 24.5 Å². The van der Waals surface area contributed by atoms with E-state index < -0.39 is 67.5 Å². The highest BCUT2D eigenvalue weighted by molar-refractivity contribution is 5.90. The first-order valence-corrected chi connectivity index (χ1v) is 8.56. The molecule has 2 fully saturated rings. The van der Waals surface area contributed by atoms with Crippen LogP contribution < -0.4 is 0 Å². The number of cyclic esters (lactones) is 1. The van der Waals surface area contributed by atoms with Crippen LogP contribution in [0.4, 0.5) is 0 Å². The normalized spacial score (nSPS) is 44.6. The van der Waals surface area contributed by atoms with Crippen LogP contribution in [-0.4, -0.2) is 89.8 Å². The fourth-order valence-electron chi connectivity index (χ4n) is 3.57. The van der Waals surface area contributed by atoms with Crippen molar-refractivity contribution in [1.29, 1.82) is 0 Å². The van der Waals surface area contributed by atoms with E-state index in [1.165, 1.54) is 19.4 Å². The maximum Gasteiger partial charge on any atom is 0.337 e. The van der Waals surface area contributed by atoms with Crippen LogP contribution in [-0.2, 0) is 28.5 Å². The van der Waals surface area contributed by atoms with Crippen molar-refractivity contribution in [3.05, 3.63) is 24.5 Å². The largest absolute Gasteiger partial charge is 0.471 e. The average Bonchev–Trinajstić information content (AvgIpc) is 2.68. The molecule has 0 aromatic rings. The summed E-state index contributed by atoms with van der Waals surface area (Å²) < 4.78 is 27.0. The summed E-state index contributed by atoms with van der Waals surface area (Å²) >= 11 is 0. The van der Waals surface area contributed by atoms with Gasteiger partial charge in [-0.25, -0.2) is 4.79 Å². The van der Waals surface area contributed by atoms with Crippen LogP contribution in [0.3, 0.4) is 0 Å². The van der Waals surface area contributed by atoms with Crippen molar-refractivity contribution in [2.75, 3.05) is 20.3 Å². The maximum atomic E-state index is 12.0. The molecule has 10 nitrogen and oxygen atoms in total. The summed E-state index contributed by atoms with van der Waals surface area (Å²) in [6.45, 7) is 3.25. The molecule has 0 unspecified atom stereocenters. The Kier molecular flexibility index (Phi) is 6.16. The van der Waals surface area contributed by atoms with E-state index in [0.29, 0.717) is 0 Å². The van der Waals surface area contributed by atoms with E-state index >= 15 is 0 Å². The fourth-order valence-corrected chi connectivity index (χ4v) is 3.57. The lowest BCUT2D eigenvalue weighted by atomic mass is 9.79. The van der Waals surface area contributed by atoms with Gasteiger partial charge in [0.2, 0.25) is 6.29 Å². The Morgan fingerprint density at radius 1 is 1.26 bits per heavy atom. The van der Waals surface area contributed by atoms with E-state index in [1.807, 2.05) is 0 Å². The Morgan fingerprint density at radius 2 is 2.00 bits per heavy atom. The molecule has 0 aromatic carbocycles. The Morgan fingerprint density at radius 3 is 2.63 bits per heavy atom. The second-order valence-corrected chi connectivity index (χ2v) is 6.62. The van der Waals surface area contributed by atoms with Gasteiger partial charge in [0.15, 0.2) is 6.29 Å². The smallest absolute Gasteiger partial charge is 0.337 e. The van der Waals surface area contributed by atoms with Crippen molar-refractivity contribution in [3.63, 3.8) is 0 Å². The number of carbonyl (C=O) groups is 1. The molecular formula is C17H24O10. The number of ether oxygens (including phenoxy) is 5. The van der Waals surface area contributed by atoms with Gasteiger partial charge in [-0.15, -0.1) is 6.58 Å². The number of rotatable bonds is 5. The second-order valence-electron chi connectivity index (χ2n) is 6.62. The molecule has 0 bridgehead atoms. The molecule has 9 atom stereocenters. The highest BCUT2D eigenvalue weighted by atomic mass is 16.8. The van der Waals surface area contributed by atoms with Gasteiger partial charge in [-0.3, -0.25) is 0 Å². The number of aliphatic hydroxyl groups is 4. The van der Waals surface area contributed by atoms with Gasteiger partial charge in [0, 0.05) is 18.9 Å². The summed E-state index contributed by atoms with van der Waals surface area (Å²) in [7, 11) is 1.49. The number of carbonyl (C=O) groups excluding carboxylic acids is 1. The van der Waals surface area contributed by atoms with Crippen molar-refractivity contribution in [1.82, 2.24) is 0 Å². The Labute approximate surface area is 155 Å². The number of methoxy groups -OCH3 is 1. The topological polar surface area (TPSA) is 144 Å². The molecule has 27 heavy (non-hydrogen) atoms. The van der Waals surface area contributed by atoms with Crippen LogP contribution in [0.15, 0.2) is 24.5 Å². The number of aliphatic hydroxyl groups excluding tert-OH is 4. The Bertz CT molecular complexity index is 590. The number of hydrogen-bond acceptors (Lipinski definition) is 10. The minimum Gasteiger partial charge on any atom is -0.471 e. The maximum absolute atomic E-state index is 12.0. The summed E-state index contributed by atoms with van der Waals surface area (Å²) in [6.07, 6.45) is -5.83. The van der Waals surface area contributed by atoms with E-state index in [0.717, 1.165) is 0 Å². The van der Waals surface area contributed by atoms with E-state index in [4.69, 9.17) is 23.7 Å². The molecule has 3 aliphatic rings. The summed E-state index contributed by atoms with van der Waals surface area (Å²) in [5.74, 6) is -1.51. The van der Waals surface area contributed by atoms with Crippen molar-refractivity contribution < 1.29 is 48.9 Å². The van der Waals surface area contributed by atoms with Crippen molar-refractivity contribution in [2.45, 2.75) is 43.1 Å². The standard InChI is InChI=1S/C17H24O10/c1-3-7-11-8(15(22)24-6-10(11)23-2)5-25-16(7)27-17-14(21)13(20)12(19)9(4-18)26-17/h3,5,7,9-14,16-21H,1,4,6H2,2H3/t7-,9-,10-,11+,12-,13+,14-,16+,17+/m1/s1. The minimum atomic E-state index is -1.57. The Hall–Kier alpha value is -1.53. The quantitative estimate of drug-likeness (QED) is 0.309. The summed E-state index contributed by atoms with van der Waals surface area (Å²) in [4.78, 5) is 12.0. The average molecular weight is 388 g/mol. The van der Waals surface area contributed by atoms with Crippen LogP contribution in [0, 0.1) is 11.8 Å². The highest BCUT2D eigenvalue weighted by Gasteiger charge is 2.50. The van der Waals surface area contributed by atoms with Gasteiger partial charge < -0.3 is 44.1 Å². The summed E-state index contributed by atoms with van der Waals surface area (Å²) in [5.41, 5.74) is 0.284. The molecule has 0 amide bonds. The van der Waals surface area contributed by atoms with Gasteiger partial charge in [-0.2, -0.15) is 0 Å². The van der Waals surface area contributed by atoms with Crippen LogP contribution in [0.5, 0.6) is 0 Å². The lowest BCUT2D eigenvalue weighted by molar-refractivity contribution is -0.340. The zero-order chi connectivity index (χ0) is 19.7. The first kappa shape index (κ1) is 20.2. The fraction of sp³-hybridized carbons (Fsp3) is 0.706. The van der Waals surface area contributed by atoms with Gasteiger partial charge >= 0.3 is 5.97 Å². The molecule has 4 N–H and O–H groups in total. The van der Waals surface area contributed by atoms with Crippen molar-refractivity contribution >= 4 is 5.97 Å². The van der Waals surface area contributed by atoms with Crippen LogP contribution in [0.2, 0.25) is 0 Å². The van der Waals surface area contributed by atoms with E-state index in [2.05, 4.69) is 6.58 Å². The molecule has 3 heterocycles. The molecule has 0 saturated carbocycles. The van der Waals surface area contributed by atoms with Gasteiger partial charge in [0.1, 0.15) is 31.0 Å². The Balaban J connectivity index is 1.80. The molecule has 0 aromatic heterocycles. The van der Waals surface area contributed by atoms with Crippen molar-refractivity contribution in [3.8, 4) is 0 Å². The number of hydrogen-bond donors (Lipinski definition) is 4. The van der Waals surface area contributed by atoms with Crippen molar-refractivity contribution in [2.24, 2.45) is 11.8 Å². The third-order valence-corrected chi connectivity index (χ3v) is 5.12. The molecule has 3 rings (SSSR count). The first-order valence-electron chi connectivity index (χ1n) is 8.56. The third kappa shape index (κ3) is 3.61. The predicted molar refractivity (Wildman–Crippen MR) is 86.7 cm³/mol. The van der Waals surface area contributed by atoms with Gasteiger partial charge in [0.25, 0.3) is 0 Å². The molecule has 0 aliphatic carbocycles. The van der Waals surface area contributed by atoms with Crippen LogP contribution in [0.1, 0.15) is 0 Å². The molecule has 10 heteroatoms. The molecular weight excluding hydrogens is 364 g/mol. The third-order valence-electron chi connectivity index (χ3n) is 5.12. The molecule has 0 spiro atoms. The predicted octanol–water partition coefficient (Wildman–Crippen LogP) is -1.97. The second kappa shape index (κ2) is 8.23. The van der Waals surface area contributed by atoms with Crippen LogP contribution in [0.25, 0.3) is 0 Å². The lowest BCUT2D eigenvalue weighted by Crippen LogP contribution is -2.60. The molecule has 2 saturated heterocycles. The van der Waals surface area contributed by atoms with E-state index in [1.54, 1.807) is 0 Å². The minimum absolute atomic E-state index is 0.0639. The first-order chi connectivity index (χ1) is 12.9. The molecule has 0 radical (unpaired) electrons. The number of fused-ring (bicyclic) bond motifs is 1. The van der Waals surface area contributed by atoms with E-state index in [-0.39, 0.29) is 12.2 Å². The number of esters is 1. The SMILES string of the molecule is C=C[C@H]1[C@H](O[C@@H]2O[C@H](CO)[C@@H](O)[C@H](O)[C@H]2O)OC=C2C(=O)OC[C@@H](OC)[C@H]21. The summed E-state index contributed by atoms with van der Waals surface area (Å²) in [6, 6.07) is 0. The van der Waals surface area contributed by atoms with Gasteiger partial charge in [-0.05, 0) is 0 Å². The van der Waals surface area contributed by atoms with Crippen LogP contribution >= 0.6 is 0 Å². The lowest BCUT2D eigenvalue weighted by Gasteiger charge is -2.44. The monoisotopic (exact) mass is 388 g/mol. The molecule has 3 aliphatic heterocycles. The highest BCUT2D eigenvalue weighted by Crippen LogP contribution is 2.39. The van der Waals surface area contributed by atoms with Gasteiger partial charge in [-0.1, -0.05) is 6.08 Å². The summed E-state index contributed by atoms with van der Waals surface area (Å²) in [5, 5.41) is 39.2. The zero-order valence-electron chi connectivity index (χ0n) is 14.7. The van der Waals surface area contributed by atoms with E-state index in [9.17, 15) is 25.2 Å². The zero-order valence-corrected chi connectivity index (χ0v) is 14.7. The molecule has 152 valence electrons.